The number of hydrogen-bond donors (Lipinski definition) is 1. The topological polar surface area (TPSA) is 21.3 Å². The third-order valence-corrected chi connectivity index (χ3v) is 4.82. The van der Waals surface area contributed by atoms with Gasteiger partial charge in [0.05, 0.1) is 0 Å². The number of thioether (sulfide) groups is 1. The molecule has 2 nitrogen and oxygen atoms in total. The first kappa shape index (κ1) is 11.7. The van der Waals surface area contributed by atoms with Gasteiger partial charge in [-0.2, -0.15) is 11.8 Å². The molecule has 0 radical (unpaired) electrons. The van der Waals surface area contributed by atoms with Crippen LogP contribution in [0, 0.1) is 5.92 Å². The van der Waals surface area contributed by atoms with E-state index in [2.05, 4.69) is 17.1 Å². The van der Waals surface area contributed by atoms with E-state index in [0.29, 0.717) is 0 Å². The predicted molar refractivity (Wildman–Crippen MR) is 66.5 cm³/mol. The van der Waals surface area contributed by atoms with E-state index < -0.39 is 0 Å². The van der Waals surface area contributed by atoms with Crippen LogP contribution < -0.4 is 5.32 Å². The summed E-state index contributed by atoms with van der Waals surface area (Å²) in [5.41, 5.74) is 0. The van der Waals surface area contributed by atoms with Gasteiger partial charge in [-0.3, -0.25) is 0 Å². The number of nitrogens with one attached hydrogen (secondary N) is 1. The quantitative estimate of drug-likeness (QED) is 0.799. The van der Waals surface area contributed by atoms with Gasteiger partial charge in [0, 0.05) is 25.0 Å². The van der Waals surface area contributed by atoms with Crippen molar-refractivity contribution in [2.24, 2.45) is 5.92 Å². The van der Waals surface area contributed by atoms with Gasteiger partial charge in [0.1, 0.15) is 0 Å². The third kappa shape index (κ3) is 4.33. The molecular weight excluding hydrogens is 206 g/mol. The molecule has 1 N–H and O–H groups in total. The Kier molecular flexibility index (Phi) is 5.30. The summed E-state index contributed by atoms with van der Waals surface area (Å²) in [5, 5.41) is 4.54. The molecule has 2 aliphatic heterocycles. The summed E-state index contributed by atoms with van der Waals surface area (Å²) in [7, 11) is 0. The van der Waals surface area contributed by atoms with E-state index in [1.165, 1.54) is 50.9 Å². The fraction of sp³-hybridized carbons (Fsp3) is 1.00. The molecule has 1 unspecified atom stereocenters. The Bertz CT molecular complexity index is 147. The monoisotopic (exact) mass is 229 g/mol. The highest BCUT2D eigenvalue weighted by atomic mass is 32.2. The highest BCUT2D eigenvalue weighted by Gasteiger charge is 2.16. The van der Waals surface area contributed by atoms with Crippen LogP contribution in [0.2, 0.25) is 0 Å². The Balaban J connectivity index is 1.53. The first-order valence-corrected chi connectivity index (χ1v) is 7.40. The average Bonchev–Trinajstić information content (AvgIpc) is 2.32. The number of ether oxygens (including phenoxy) is 1. The number of rotatable bonds is 4. The molecule has 88 valence electrons. The average molecular weight is 229 g/mol. The first-order chi connectivity index (χ1) is 7.45. The van der Waals surface area contributed by atoms with Gasteiger partial charge in [0.2, 0.25) is 0 Å². The van der Waals surface area contributed by atoms with Gasteiger partial charge in [-0.1, -0.05) is 6.42 Å². The molecule has 0 spiro atoms. The van der Waals surface area contributed by atoms with Crippen LogP contribution in [0.3, 0.4) is 0 Å². The van der Waals surface area contributed by atoms with E-state index in [4.69, 9.17) is 4.74 Å². The summed E-state index contributed by atoms with van der Waals surface area (Å²) >= 11 is 2.16. The molecule has 0 bridgehead atoms. The van der Waals surface area contributed by atoms with Crippen molar-refractivity contribution in [3.63, 3.8) is 0 Å². The summed E-state index contributed by atoms with van der Waals surface area (Å²) in [5.74, 6) is 2.25. The normalized spacial score (nSPS) is 29.2. The molecule has 2 saturated heterocycles. The van der Waals surface area contributed by atoms with Crippen LogP contribution in [0.4, 0.5) is 0 Å². The molecule has 0 aromatic carbocycles. The molecule has 1 atom stereocenters. The van der Waals surface area contributed by atoms with E-state index in [9.17, 15) is 0 Å². The standard InChI is InChI=1S/C12H23NOS/c1-2-8-15-12(3-1)10-13-9-11-4-6-14-7-5-11/h11-13H,1-10H2. The minimum absolute atomic E-state index is 0.868. The number of hydrogen-bond acceptors (Lipinski definition) is 3. The van der Waals surface area contributed by atoms with Gasteiger partial charge >= 0.3 is 0 Å². The van der Waals surface area contributed by atoms with Crippen molar-refractivity contribution in [2.45, 2.75) is 37.4 Å². The Labute approximate surface area is 97.5 Å². The second-order valence-electron chi connectivity index (χ2n) is 4.70. The largest absolute Gasteiger partial charge is 0.381 e. The molecule has 0 aromatic heterocycles. The molecule has 15 heavy (non-hydrogen) atoms. The summed E-state index contributed by atoms with van der Waals surface area (Å²) in [6, 6.07) is 0. The Morgan fingerprint density at radius 3 is 2.67 bits per heavy atom. The molecule has 0 aromatic rings. The van der Waals surface area contributed by atoms with Crippen molar-refractivity contribution in [1.82, 2.24) is 5.32 Å². The lowest BCUT2D eigenvalue weighted by molar-refractivity contribution is 0.0664. The summed E-state index contributed by atoms with van der Waals surface area (Å²) in [6.45, 7) is 4.39. The first-order valence-electron chi connectivity index (χ1n) is 6.35. The van der Waals surface area contributed by atoms with Gasteiger partial charge in [0.25, 0.3) is 0 Å². The molecule has 0 amide bonds. The maximum Gasteiger partial charge on any atom is 0.0469 e. The van der Waals surface area contributed by atoms with E-state index in [1.54, 1.807) is 0 Å². The molecule has 0 aliphatic carbocycles. The minimum atomic E-state index is 0.868. The Morgan fingerprint density at radius 2 is 1.93 bits per heavy atom. The van der Waals surface area contributed by atoms with Crippen LogP contribution in [-0.4, -0.2) is 37.3 Å². The fourth-order valence-corrected chi connectivity index (χ4v) is 3.64. The molecule has 0 saturated carbocycles. The van der Waals surface area contributed by atoms with Gasteiger partial charge in [-0.25, -0.2) is 0 Å². The van der Waals surface area contributed by atoms with Gasteiger partial charge < -0.3 is 10.1 Å². The van der Waals surface area contributed by atoms with Crippen LogP contribution >= 0.6 is 11.8 Å². The maximum atomic E-state index is 5.36. The maximum absolute atomic E-state index is 5.36. The summed E-state index contributed by atoms with van der Waals surface area (Å²) < 4.78 is 5.36. The summed E-state index contributed by atoms with van der Waals surface area (Å²) in [4.78, 5) is 0. The highest BCUT2D eigenvalue weighted by molar-refractivity contribution is 7.99. The van der Waals surface area contributed by atoms with Crippen molar-refractivity contribution in [3.8, 4) is 0 Å². The van der Waals surface area contributed by atoms with E-state index >= 15 is 0 Å². The minimum Gasteiger partial charge on any atom is -0.381 e. The highest BCUT2D eigenvalue weighted by Crippen LogP contribution is 2.24. The van der Waals surface area contributed by atoms with Crippen LogP contribution in [-0.2, 0) is 4.74 Å². The van der Waals surface area contributed by atoms with E-state index in [1.807, 2.05) is 0 Å². The van der Waals surface area contributed by atoms with E-state index in [0.717, 1.165) is 24.4 Å². The van der Waals surface area contributed by atoms with Gasteiger partial charge in [0.15, 0.2) is 0 Å². The second kappa shape index (κ2) is 6.77. The fourth-order valence-electron chi connectivity index (χ4n) is 2.37. The van der Waals surface area contributed by atoms with Crippen LogP contribution in [0.1, 0.15) is 32.1 Å². The molecule has 3 heteroatoms. The zero-order valence-corrected chi connectivity index (χ0v) is 10.4. The van der Waals surface area contributed by atoms with Crippen molar-refractivity contribution in [1.29, 1.82) is 0 Å². The van der Waals surface area contributed by atoms with Crippen molar-refractivity contribution in [3.05, 3.63) is 0 Å². The SMILES string of the molecule is C1CCC(CNCC2CCOCC2)SC1. The van der Waals surface area contributed by atoms with Crippen molar-refractivity contribution in [2.75, 3.05) is 32.1 Å². The van der Waals surface area contributed by atoms with Crippen molar-refractivity contribution < 1.29 is 4.74 Å². The van der Waals surface area contributed by atoms with Crippen molar-refractivity contribution >= 4 is 11.8 Å². The zero-order chi connectivity index (χ0) is 10.3. The molecular formula is C12H23NOS. The second-order valence-corrected chi connectivity index (χ2v) is 6.11. The Hall–Kier alpha value is 0.270. The lowest BCUT2D eigenvalue weighted by atomic mass is 10.0. The van der Waals surface area contributed by atoms with Crippen LogP contribution in [0.25, 0.3) is 0 Å². The lowest BCUT2D eigenvalue weighted by Crippen LogP contribution is -2.33. The Morgan fingerprint density at radius 1 is 1.07 bits per heavy atom. The molecule has 2 aliphatic rings. The van der Waals surface area contributed by atoms with Crippen LogP contribution in [0.15, 0.2) is 0 Å². The third-order valence-electron chi connectivity index (χ3n) is 3.42. The van der Waals surface area contributed by atoms with E-state index in [-0.39, 0.29) is 0 Å². The molecule has 2 fully saturated rings. The predicted octanol–water partition coefficient (Wildman–Crippen LogP) is 2.29. The lowest BCUT2D eigenvalue weighted by Gasteiger charge is -2.25. The van der Waals surface area contributed by atoms with Gasteiger partial charge in [-0.05, 0) is 43.9 Å². The zero-order valence-electron chi connectivity index (χ0n) is 9.54. The smallest absolute Gasteiger partial charge is 0.0469 e. The summed E-state index contributed by atoms with van der Waals surface area (Å²) in [6.07, 6.45) is 6.80. The molecule has 2 heterocycles. The van der Waals surface area contributed by atoms with Crippen LogP contribution in [0.5, 0.6) is 0 Å². The molecule has 2 rings (SSSR count). The van der Waals surface area contributed by atoms with Gasteiger partial charge in [-0.15, -0.1) is 0 Å².